The van der Waals surface area contributed by atoms with Crippen molar-refractivity contribution in [2.75, 3.05) is 0 Å². The Morgan fingerprint density at radius 1 is 1.24 bits per heavy atom. The number of amides is 1. The largest absolute Gasteiger partial charge is 0.331 e. The van der Waals surface area contributed by atoms with E-state index in [1.165, 1.54) is 29.5 Å². The second-order valence-electron chi connectivity index (χ2n) is 5.10. The second-order valence-corrected chi connectivity index (χ2v) is 6.40. The number of hydrogen-bond acceptors (Lipinski definition) is 4. The summed E-state index contributed by atoms with van der Waals surface area (Å²) >= 11 is 7.16. The zero-order valence-corrected chi connectivity index (χ0v) is 14.3. The Morgan fingerprint density at radius 2 is 1.96 bits per heavy atom. The summed E-state index contributed by atoms with van der Waals surface area (Å²) in [5.74, 6) is -1.08. The Balaban J connectivity index is 1.79. The maximum atomic E-state index is 13.8. The van der Waals surface area contributed by atoms with Crippen molar-refractivity contribution in [1.82, 2.24) is 10.3 Å². The minimum absolute atomic E-state index is 0.117. The van der Waals surface area contributed by atoms with Crippen LogP contribution in [0.2, 0.25) is 5.02 Å². The fourth-order valence-electron chi connectivity index (χ4n) is 2.20. The van der Waals surface area contributed by atoms with Gasteiger partial charge in [0.15, 0.2) is 0 Å². The first-order valence-corrected chi connectivity index (χ1v) is 8.50. The van der Waals surface area contributed by atoms with E-state index in [9.17, 15) is 14.4 Å². The zero-order chi connectivity index (χ0) is 17.8. The van der Waals surface area contributed by atoms with Gasteiger partial charge in [-0.1, -0.05) is 41.9 Å². The van der Waals surface area contributed by atoms with Crippen LogP contribution >= 0.6 is 22.9 Å². The summed E-state index contributed by atoms with van der Waals surface area (Å²) < 4.78 is 13.8. The van der Waals surface area contributed by atoms with Crippen molar-refractivity contribution in [2.24, 2.45) is 0 Å². The Labute approximate surface area is 152 Å². The van der Waals surface area contributed by atoms with E-state index in [4.69, 9.17) is 11.6 Å². The van der Waals surface area contributed by atoms with Gasteiger partial charge in [0.25, 0.3) is 5.91 Å². The summed E-state index contributed by atoms with van der Waals surface area (Å²) in [5.41, 5.74) is 1.12. The van der Waals surface area contributed by atoms with Gasteiger partial charge in [0, 0.05) is 21.5 Å². The van der Waals surface area contributed by atoms with Crippen molar-refractivity contribution in [3.63, 3.8) is 0 Å². The van der Waals surface area contributed by atoms with Crippen LogP contribution in [0.5, 0.6) is 0 Å². The van der Waals surface area contributed by atoms with Crippen LogP contribution in [0, 0.1) is 17.1 Å². The lowest BCUT2D eigenvalue weighted by molar-refractivity contribution is 0.0940. The number of carbonyl (C=O) groups excluding carboxylic acids is 1. The maximum absolute atomic E-state index is 13.8. The Kier molecular flexibility index (Phi) is 5.08. The van der Waals surface area contributed by atoms with Gasteiger partial charge < -0.3 is 5.32 Å². The molecule has 7 heteroatoms. The van der Waals surface area contributed by atoms with E-state index in [2.05, 4.69) is 10.3 Å². The third kappa shape index (κ3) is 3.85. The highest BCUT2D eigenvalue weighted by molar-refractivity contribution is 7.13. The first-order valence-electron chi connectivity index (χ1n) is 7.25. The Bertz CT molecular complexity index is 949. The average Bonchev–Trinajstić information content (AvgIpc) is 3.11. The smallest absolute Gasteiger partial charge is 0.272 e. The number of hydrogen-bond donors (Lipinski definition) is 1. The number of aromatic nitrogens is 1. The highest BCUT2D eigenvalue weighted by Gasteiger charge is 2.20. The quantitative estimate of drug-likeness (QED) is 0.729. The molecule has 0 spiro atoms. The van der Waals surface area contributed by atoms with Crippen molar-refractivity contribution in [2.45, 2.75) is 6.04 Å². The van der Waals surface area contributed by atoms with Gasteiger partial charge in [0.1, 0.15) is 22.6 Å². The summed E-state index contributed by atoms with van der Waals surface area (Å²) in [6, 6.07) is 13.7. The van der Waals surface area contributed by atoms with Crippen LogP contribution in [0.25, 0.3) is 10.6 Å². The van der Waals surface area contributed by atoms with Crippen molar-refractivity contribution in [3.05, 3.63) is 76.0 Å². The number of carbonyl (C=O) groups is 1. The summed E-state index contributed by atoms with van der Waals surface area (Å²) in [7, 11) is 0. The van der Waals surface area contributed by atoms with E-state index < -0.39 is 17.8 Å². The number of nitrogens with one attached hydrogen (secondary N) is 1. The first-order chi connectivity index (χ1) is 12.1. The van der Waals surface area contributed by atoms with Crippen molar-refractivity contribution >= 4 is 28.8 Å². The molecule has 4 nitrogen and oxygen atoms in total. The third-order valence-corrected chi connectivity index (χ3v) is 4.59. The first kappa shape index (κ1) is 17.1. The number of halogens is 2. The molecule has 1 unspecified atom stereocenters. The lowest BCUT2D eigenvalue weighted by atomic mass is 10.1. The Morgan fingerprint density at radius 3 is 2.64 bits per heavy atom. The van der Waals surface area contributed by atoms with Gasteiger partial charge in [-0.3, -0.25) is 4.79 Å². The molecule has 0 saturated carbocycles. The van der Waals surface area contributed by atoms with Crippen molar-refractivity contribution in [3.8, 4) is 16.6 Å². The molecule has 1 aromatic heterocycles. The molecule has 1 heterocycles. The molecule has 3 rings (SSSR count). The highest BCUT2D eigenvalue weighted by atomic mass is 35.5. The number of nitrogens with zero attached hydrogens (tertiary/aromatic N) is 2. The van der Waals surface area contributed by atoms with E-state index in [-0.39, 0.29) is 11.3 Å². The van der Waals surface area contributed by atoms with Gasteiger partial charge >= 0.3 is 0 Å². The van der Waals surface area contributed by atoms with Crippen LogP contribution in [0.15, 0.2) is 53.9 Å². The molecule has 0 aliphatic rings. The molecule has 124 valence electrons. The third-order valence-electron chi connectivity index (χ3n) is 3.45. The van der Waals surface area contributed by atoms with Gasteiger partial charge in [-0.05, 0) is 18.2 Å². The SMILES string of the molecule is N#CC(NC(=O)c1csc(-c2ccc(Cl)cc2)n1)c1ccccc1F. The summed E-state index contributed by atoms with van der Waals surface area (Å²) in [6.45, 7) is 0. The normalized spacial score (nSPS) is 11.6. The van der Waals surface area contributed by atoms with Gasteiger partial charge in [0.05, 0.1) is 6.07 Å². The van der Waals surface area contributed by atoms with Crippen LogP contribution in [0.4, 0.5) is 4.39 Å². The Hall–Kier alpha value is -2.75. The fraction of sp³-hybridized carbons (Fsp3) is 0.0556. The second kappa shape index (κ2) is 7.43. The van der Waals surface area contributed by atoms with Gasteiger partial charge in [0.2, 0.25) is 0 Å². The molecule has 1 atom stereocenters. The summed E-state index contributed by atoms with van der Waals surface area (Å²) in [6.07, 6.45) is 0. The molecule has 0 bridgehead atoms. The van der Waals surface area contributed by atoms with Gasteiger partial charge in [-0.15, -0.1) is 11.3 Å². The molecule has 2 aromatic carbocycles. The van der Waals surface area contributed by atoms with E-state index in [0.717, 1.165) is 5.56 Å². The number of benzene rings is 2. The number of rotatable bonds is 4. The predicted molar refractivity (Wildman–Crippen MR) is 94.8 cm³/mol. The van der Waals surface area contributed by atoms with E-state index >= 15 is 0 Å². The molecular formula is C18H11ClFN3OS. The lowest BCUT2D eigenvalue weighted by Gasteiger charge is -2.11. The van der Waals surface area contributed by atoms with E-state index in [1.54, 1.807) is 35.7 Å². The molecule has 1 N–H and O–H groups in total. The summed E-state index contributed by atoms with van der Waals surface area (Å²) in [4.78, 5) is 16.6. The molecule has 0 radical (unpaired) electrons. The molecular weight excluding hydrogens is 361 g/mol. The van der Waals surface area contributed by atoms with Gasteiger partial charge in [-0.2, -0.15) is 5.26 Å². The zero-order valence-electron chi connectivity index (χ0n) is 12.7. The van der Waals surface area contributed by atoms with Crippen LogP contribution in [-0.4, -0.2) is 10.9 Å². The minimum Gasteiger partial charge on any atom is -0.331 e. The van der Waals surface area contributed by atoms with Gasteiger partial charge in [-0.25, -0.2) is 9.37 Å². The van der Waals surface area contributed by atoms with Crippen LogP contribution in [-0.2, 0) is 0 Å². The van der Waals surface area contributed by atoms with Crippen LogP contribution < -0.4 is 5.32 Å². The molecule has 1 amide bonds. The van der Waals surface area contributed by atoms with Crippen LogP contribution in [0.3, 0.4) is 0 Å². The summed E-state index contributed by atoms with van der Waals surface area (Å²) in [5, 5.41) is 14.6. The van der Waals surface area contributed by atoms with E-state index in [1.807, 2.05) is 6.07 Å². The molecule has 0 fully saturated rings. The lowest BCUT2D eigenvalue weighted by Crippen LogP contribution is -2.28. The standard InChI is InChI=1S/C18H11ClFN3OS/c19-12-7-5-11(6-8-12)18-23-16(10-25-18)17(24)22-15(9-21)13-3-1-2-4-14(13)20/h1-8,10,15H,(H,22,24). The average molecular weight is 372 g/mol. The van der Waals surface area contributed by atoms with Crippen molar-refractivity contribution in [1.29, 1.82) is 5.26 Å². The van der Waals surface area contributed by atoms with Crippen LogP contribution in [0.1, 0.15) is 22.1 Å². The maximum Gasteiger partial charge on any atom is 0.272 e. The predicted octanol–water partition coefficient (Wildman–Crippen LogP) is 4.60. The number of thiazole rings is 1. The highest BCUT2D eigenvalue weighted by Crippen LogP contribution is 2.25. The fourth-order valence-corrected chi connectivity index (χ4v) is 3.13. The van der Waals surface area contributed by atoms with Crippen molar-refractivity contribution < 1.29 is 9.18 Å². The minimum atomic E-state index is -1.09. The molecule has 0 aliphatic heterocycles. The molecule has 3 aromatic rings. The van der Waals surface area contributed by atoms with E-state index in [0.29, 0.717) is 10.0 Å². The topological polar surface area (TPSA) is 65.8 Å². The molecule has 0 aliphatic carbocycles. The molecule has 0 saturated heterocycles. The molecule has 25 heavy (non-hydrogen) atoms. The number of nitriles is 1. The monoisotopic (exact) mass is 371 g/mol.